The van der Waals surface area contributed by atoms with Crippen molar-refractivity contribution in [2.45, 2.75) is 19.9 Å². The molecule has 9 heteroatoms. The number of thiazole rings is 1. The van der Waals surface area contributed by atoms with Gasteiger partial charge in [0, 0.05) is 18.8 Å². The maximum absolute atomic E-state index is 13.8. The number of carbonyl (C=O) groups is 1. The van der Waals surface area contributed by atoms with Gasteiger partial charge in [0.05, 0.1) is 48.8 Å². The highest BCUT2D eigenvalue weighted by molar-refractivity contribution is 7.07. The fourth-order valence-electron chi connectivity index (χ4n) is 4.67. The number of hydrogen-bond donors (Lipinski definition) is 0. The molecule has 2 aliphatic heterocycles. The van der Waals surface area contributed by atoms with Crippen LogP contribution in [0.1, 0.15) is 31.0 Å². The van der Waals surface area contributed by atoms with Gasteiger partial charge in [0.2, 0.25) is 0 Å². The molecule has 3 aromatic rings. The maximum atomic E-state index is 13.8. The number of ether oxygens (including phenoxy) is 3. The molecule has 1 fully saturated rings. The Morgan fingerprint density at radius 2 is 1.95 bits per heavy atom. The van der Waals surface area contributed by atoms with Gasteiger partial charge in [-0.05, 0) is 55.3 Å². The first-order valence-corrected chi connectivity index (χ1v) is 13.1. The number of benzene rings is 2. The molecular formula is C28H29N3O5S. The van der Waals surface area contributed by atoms with Crippen LogP contribution in [0.15, 0.2) is 69.6 Å². The van der Waals surface area contributed by atoms with Crippen molar-refractivity contribution in [3.05, 3.63) is 90.6 Å². The number of nitrogens with zero attached hydrogens (tertiary/aromatic N) is 3. The van der Waals surface area contributed by atoms with Gasteiger partial charge in [0.15, 0.2) is 4.80 Å². The largest absolute Gasteiger partial charge is 0.497 e. The van der Waals surface area contributed by atoms with Crippen LogP contribution in [-0.4, -0.2) is 50.6 Å². The Morgan fingerprint density at radius 3 is 2.65 bits per heavy atom. The minimum absolute atomic E-state index is 0.205. The maximum Gasteiger partial charge on any atom is 0.338 e. The van der Waals surface area contributed by atoms with Gasteiger partial charge in [-0.15, -0.1) is 0 Å². The second-order valence-electron chi connectivity index (χ2n) is 8.77. The molecule has 0 spiro atoms. The van der Waals surface area contributed by atoms with Gasteiger partial charge < -0.3 is 19.1 Å². The quantitative estimate of drug-likeness (QED) is 0.466. The second kappa shape index (κ2) is 10.7. The van der Waals surface area contributed by atoms with Crippen LogP contribution in [0.25, 0.3) is 6.08 Å². The first kappa shape index (κ1) is 25.0. The van der Waals surface area contributed by atoms with E-state index in [0.717, 1.165) is 43.1 Å². The number of hydrogen-bond acceptors (Lipinski definition) is 8. The Balaban J connectivity index is 1.59. The summed E-state index contributed by atoms with van der Waals surface area (Å²) in [6.07, 6.45) is 1.87. The average Bonchev–Trinajstić information content (AvgIpc) is 3.23. The van der Waals surface area contributed by atoms with Crippen molar-refractivity contribution in [1.82, 2.24) is 4.57 Å². The normalized spacial score (nSPS) is 17.9. The molecule has 0 saturated carbocycles. The van der Waals surface area contributed by atoms with Crippen LogP contribution in [0.2, 0.25) is 0 Å². The molecule has 1 saturated heterocycles. The third kappa shape index (κ3) is 4.97. The number of fused-ring (bicyclic) bond motifs is 1. The first-order valence-electron chi connectivity index (χ1n) is 12.3. The van der Waals surface area contributed by atoms with Crippen LogP contribution in [0.5, 0.6) is 5.75 Å². The molecule has 8 nitrogen and oxygen atoms in total. The highest BCUT2D eigenvalue weighted by atomic mass is 32.1. The molecule has 1 atom stereocenters. The van der Waals surface area contributed by atoms with Crippen molar-refractivity contribution in [2.24, 2.45) is 4.99 Å². The van der Waals surface area contributed by atoms with Gasteiger partial charge in [-0.3, -0.25) is 9.36 Å². The summed E-state index contributed by atoms with van der Waals surface area (Å²) in [6, 6.07) is 14.9. The van der Waals surface area contributed by atoms with Crippen molar-refractivity contribution in [3.63, 3.8) is 0 Å². The minimum atomic E-state index is -0.670. The summed E-state index contributed by atoms with van der Waals surface area (Å²) in [7, 11) is 1.59. The van der Waals surface area contributed by atoms with Crippen LogP contribution in [0, 0.1) is 0 Å². The molecule has 2 aliphatic rings. The SMILES string of the molecule is CCOC(=O)C1=C(C)N=c2s/c(=C/c3ccc(N4CCOCC4)cc3)c(=O)n2[C@H]1c1cccc(OC)c1. The number of rotatable bonds is 6. The van der Waals surface area contributed by atoms with Crippen molar-refractivity contribution >= 4 is 29.1 Å². The lowest BCUT2D eigenvalue weighted by molar-refractivity contribution is -0.139. The molecule has 2 aromatic carbocycles. The summed E-state index contributed by atoms with van der Waals surface area (Å²) < 4.78 is 18.4. The third-order valence-electron chi connectivity index (χ3n) is 6.49. The van der Waals surface area contributed by atoms with Crippen LogP contribution >= 0.6 is 11.3 Å². The molecular weight excluding hydrogens is 490 g/mol. The third-order valence-corrected chi connectivity index (χ3v) is 7.48. The topological polar surface area (TPSA) is 82.4 Å². The highest BCUT2D eigenvalue weighted by Crippen LogP contribution is 2.32. The summed E-state index contributed by atoms with van der Waals surface area (Å²) >= 11 is 1.31. The van der Waals surface area contributed by atoms with E-state index in [2.05, 4.69) is 22.0 Å². The summed E-state index contributed by atoms with van der Waals surface area (Å²) in [6.45, 7) is 6.95. The number of anilines is 1. The Bertz CT molecular complexity index is 1510. The van der Waals surface area contributed by atoms with E-state index in [4.69, 9.17) is 14.2 Å². The van der Waals surface area contributed by atoms with Gasteiger partial charge in [-0.2, -0.15) is 0 Å². The number of morpholine rings is 1. The smallest absolute Gasteiger partial charge is 0.338 e. The van der Waals surface area contributed by atoms with Gasteiger partial charge in [-0.1, -0.05) is 35.6 Å². The zero-order chi connectivity index (χ0) is 25.9. The van der Waals surface area contributed by atoms with E-state index in [1.807, 2.05) is 42.5 Å². The van der Waals surface area contributed by atoms with Gasteiger partial charge >= 0.3 is 5.97 Å². The van der Waals surface area contributed by atoms with E-state index < -0.39 is 12.0 Å². The van der Waals surface area contributed by atoms with E-state index in [1.54, 1.807) is 25.5 Å². The fraction of sp³-hybridized carbons (Fsp3) is 0.321. The number of methoxy groups -OCH3 is 1. The van der Waals surface area contributed by atoms with Crippen LogP contribution in [0.4, 0.5) is 5.69 Å². The van der Waals surface area contributed by atoms with Crippen LogP contribution < -0.4 is 24.5 Å². The predicted molar refractivity (Wildman–Crippen MR) is 143 cm³/mol. The molecule has 192 valence electrons. The molecule has 3 heterocycles. The Kier molecular flexibility index (Phi) is 7.25. The van der Waals surface area contributed by atoms with Crippen molar-refractivity contribution in [2.75, 3.05) is 44.9 Å². The average molecular weight is 520 g/mol. The van der Waals surface area contributed by atoms with Crippen LogP contribution in [0.3, 0.4) is 0 Å². The summed E-state index contributed by atoms with van der Waals surface area (Å²) in [5, 5.41) is 0. The molecule has 0 bridgehead atoms. The molecule has 5 rings (SSSR count). The monoisotopic (exact) mass is 519 g/mol. The Hall–Kier alpha value is -3.69. The Morgan fingerprint density at radius 1 is 1.19 bits per heavy atom. The summed E-state index contributed by atoms with van der Waals surface area (Å²) in [5.74, 6) is 0.155. The predicted octanol–water partition coefficient (Wildman–Crippen LogP) is 2.64. The zero-order valence-electron chi connectivity index (χ0n) is 21.1. The van der Waals surface area contributed by atoms with Crippen molar-refractivity contribution in [1.29, 1.82) is 0 Å². The standard InChI is InChI=1S/C28H29N3O5S/c1-4-36-27(33)24-18(2)29-28-31(25(24)20-6-5-7-22(17-20)34-3)26(32)23(37-28)16-19-8-10-21(11-9-19)30-12-14-35-15-13-30/h5-11,16-17,25H,4,12-15H2,1-3H3/b23-16+/t25-/m0/s1. The number of allylic oxidation sites excluding steroid dienone is 1. The van der Waals surface area contributed by atoms with Gasteiger partial charge in [0.1, 0.15) is 5.75 Å². The van der Waals surface area contributed by atoms with Gasteiger partial charge in [0.25, 0.3) is 5.56 Å². The fourth-order valence-corrected chi connectivity index (χ4v) is 5.72. The number of carbonyl (C=O) groups excluding carboxylic acids is 1. The molecule has 0 N–H and O–H groups in total. The van der Waals surface area contributed by atoms with Crippen molar-refractivity contribution in [3.8, 4) is 5.75 Å². The summed E-state index contributed by atoms with van der Waals surface area (Å²) in [5.41, 5.74) is 3.48. The van der Waals surface area contributed by atoms with E-state index in [1.165, 1.54) is 11.3 Å². The minimum Gasteiger partial charge on any atom is -0.497 e. The van der Waals surface area contributed by atoms with E-state index in [9.17, 15) is 9.59 Å². The first-order chi connectivity index (χ1) is 18.0. The molecule has 0 aliphatic carbocycles. The van der Waals surface area contributed by atoms with Crippen LogP contribution in [-0.2, 0) is 14.3 Å². The number of esters is 1. The molecule has 37 heavy (non-hydrogen) atoms. The zero-order valence-corrected chi connectivity index (χ0v) is 21.9. The summed E-state index contributed by atoms with van der Waals surface area (Å²) in [4.78, 5) is 34.2. The molecule has 0 unspecified atom stereocenters. The number of aromatic nitrogens is 1. The molecule has 0 amide bonds. The Labute approximate surface area is 218 Å². The van der Waals surface area contributed by atoms with E-state index in [0.29, 0.717) is 26.4 Å². The van der Waals surface area contributed by atoms with Gasteiger partial charge in [-0.25, -0.2) is 9.79 Å². The lowest BCUT2D eigenvalue weighted by Crippen LogP contribution is -2.39. The lowest BCUT2D eigenvalue weighted by Gasteiger charge is -2.28. The van der Waals surface area contributed by atoms with Crippen molar-refractivity contribution < 1.29 is 19.0 Å². The lowest BCUT2D eigenvalue weighted by atomic mass is 9.95. The molecule has 1 aromatic heterocycles. The second-order valence-corrected chi connectivity index (χ2v) is 9.78. The van der Waals surface area contributed by atoms with E-state index in [-0.39, 0.29) is 12.2 Å². The molecule has 0 radical (unpaired) electrons. The van der Waals surface area contributed by atoms with E-state index >= 15 is 0 Å². The highest BCUT2D eigenvalue weighted by Gasteiger charge is 2.33.